The van der Waals surface area contributed by atoms with Gasteiger partial charge >= 0.3 is 5.97 Å². The van der Waals surface area contributed by atoms with E-state index in [1.807, 2.05) is 0 Å². The molecule has 2 aliphatic rings. The first kappa shape index (κ1) is 13.6. The van der Waals surface area contributed by atoms with Crippen LogP contribution in [0, 0.1) is 15.5 Å². The third-order valence-corrected chi connectivity index (χ3v) is 4.11. The molecule has 112 valence electrons. The average molecular weight is 293 g/mol. The van der Waals surface area contributed by atoms with Gasteiger partial charge in [0.25, 0.3) is 11.6 Å². The summed E-state index contributed by atoms with van der Waals surface area (Å²) in [7, 11) is 0. The van der Waals surface area contributed by atoms with Crippen LogP contribution in [0.3, 0.4) is 0 Å². The van der Waals surface area contributed by atoms with Crippen LogP contribution in [-0.4, -0.2) is 33.0 Å². The van der Waals surface area contributed by atoms with Crippen molar-refractivity contribution in [1.82, 2.24) is 9.88 Å². The molecular weight excluding hydrogens is 278 g/mol. The van der Waals surface area contributed by atoms with E-state index in [1.165, 1.54) is 12.3 Å². The van der Waals surface area contributed by atoms with Gasteiger partial charge in [-0.3, -0.25) is 19.7 Å². The third-order valence-electron chi connectivity index (χ3n) is 4.11. The lowest BCUT2D eigenvalue weighted by Gasteiger charge is -2.12. The highest BCUT2D eigenvalue weighted by molar-refractivity contribution is 5.94. The molecule has 0 saturated heterocycles. The van der Waals surface area contributed by atoms with Crippen molar-refractivity contribution in [2.24, 2.45) is 5.41 Å². The number of aliphatic carboxylic acids is 1. The summed E-state index contributed by atoms with van der Waals surface area (Å²) >= 11 is 0. The Kier molecular flexibility index (Phi) is 2.96. The smallest absolute Gasteiger partial charge is 0.311 e. The summed E-state index contributed by atoms with van der Waals surface area (Å²) in [4.78, 5) is 33.5. The predicted molar refractivity (Wildman–Crippen MR) is 71.0 cm³/mol. The SMILES string of the molecule is O=C(NCC1(C(=O)O)CC1)c1cc([N+](=O)[O-])cn1C1CC1. The molecule has 3 rings (SSSR count). The van der Waals surface area contributed by atoms with E-state index < -0.39 is 22.2 Å². The number of nitro groups is 1. The average Bonchev–Trinajstić information content (AvgIpc) is 3.34. The molecule has 2 fully saturated rings. The van der Waals surface area contributed by atoms with Crippen molar-refractivity contribution in [3.8, 4) is 0 Å². The molecule has 0 radical (unpaired) electrons. The van der Waals surface area contributed by atoms with Crippen LogP contribution in [0.4, 0.5) is 5.69 Å². The number of nitrogens with one attached hydrogen (secondary N) is 1. The predicted octanol–water partition coefficient (Wildman–Crippen LogP) is 1.33. The minimum Gasteiger partial charge on any atom is -0.481 e. The number of rotatable bonds is 6. The summed E-state index contributed by atoms with van der Waals surface area (Å²) in [6.45, 7) is 0.0603. The van der Waals surface area contributed by atoms with Gasteiger partial charge in [-0.2, -0.15) is 0 Å². The molecule has 0 aromatic carbocycles. The van der Waals surface area contributed by atoms with E-state index in [2.05, 4.69) is 5.32 Å². The van der Waals surface area contributed by atoms with Crippen molar-refractivity contribution in [2.75, 3.05) is 6.54 Å². The van der Waals surface area contributed by atoms with Gasteiger partial charge in [-0.15, -0.1) is 0 Å². The molecule has 1 heterocycles. The Morgan fingerprint density at radius 1 is 1.48 bits per heavy atom. The molecule has 0 spiro atoms. The Labute approximate surface area is 119 Å². The zero-order chi connectivity index (χ0) is 15.2. The van der Waals surface area contributed by atoms with Crippen LogP contribution in [0.25, 0.3) is 0 Å². The first-order chi connectivity index (χ1) is 9.93. The van der Waals surface area contributed by atoms with E-state index in [0.29, 0.717) is 12.8 Å². The summed E-state index contributed by atoms with van der Waals surface area (Å²) in [6.07, 6.45) is 4.26. The molecule has 0 bridgehead atoms. The molecule has 0 aliphatic heterocycles. The van der Waals surface area contributed by atoms with E-state index in [0.717, 1.165) is 12.8 Å². The molecule has 0 unspecified atom stereocenters. The summed E-state index contributed by atoms with van der Waals surface area (Å²) in [6, 6.07) is 1.38. The van der Waals surface area contributed by atoms with Gasteiger partial charge in [0.15, 0.2) is 0 Å². The number of aromatic nitrogens is 1. The van der Waals surface area contributed by atoms with Gasteiger partial charge in [0, 0.05) is 18.7 Å². The standard InChI is InChI=1S/C13H15N3O5/c17-11(14-7-13(3-4-13)12(18)19)10-5-9(16(20)21)6-15(10)8-1-2-8/h5-6,8H,1-4,7H2,(H,14,17)(H,18,19). The highest BCUT2D eigenvalue weighted by Crippen LogP contribution is 2.45. The summed E-state index contributed by atoms with van der Waals surface area (Å²) in [5, 5.41) is 22.5. The number of carbonyl (C=O) groups excluding carboxylic acids is 1. The Balaban J connectivity index is 1.75. The fourth-order valence-corrected chi connectivity index (χ4v) is 2.36. The Morgan fingerprint density at radius 3 is 2.62 bits per heavy atom. The van der Waals surface area contributed by atoms with Crippen molar-refractivity contribution in [3.05, 3.63) is 28.1 Å². The van der Waals surface area contributed by atoms with Crippen molar-refractivity contribution in [3.63, 3.8) is 0 Å². The maximum absolute atomic E-state index is 12.2. The number of hydrogen-bond donors (Lipinski definition) is 2. The fourth-order valence-electron chi connectivity index (χ4n) is 2.36. The van der Waals surface area contributed by atoms with Crippen molar-refractivity contribution < 1.29 is 19.6 Å². The lowest BCUT2D eigenvalue weighted by atomic mass is 10.1. The lowest BCUT2D eigenvalue weighted by Crippen LogP contribution is -2.35. The van der Waals surface area contributed by atoms with E-state index >= 15 is 0 Å². The summed E-state index contributed by atoms with van der Waals surface area (Å²) < 4.78 is 1.62. The Hall–Kier alpha value is -2.38. The van der Waals surface area contributed by atoms with Crippen molar-refractivity contribution in [2.45, 2.75) is 31.7 Å². The van der Waals surface area contributed by atoms with Crippen LogP contribution >= 0.6 is 0 Å². The topological polar surface area (TPSA) is 114 Å². The van der Waals surface area contributed by atoms with Crippen molar-refractivity contribution in [1.29, 1.82) is 0 Å². The number of carbonyl (C=O) groups is 2. The van der Waals surface area contributed by atoms with E-state index in [-0.39, 0.29) is 24.0 Å². The molecule has 2 aliphatic carbocycles. The monoisotopic (exact) mass is 293 g/mol. The fraction of sp³-hybridized carbons (Fsp3) is 0.538. The lowest BCUT2D eigenvalue weighted by molar-refractivity contribution is -0.384. The third kappa shape index (κ3) is 2.48. The molecule has 2 saturated carbocycles. The zero-order valence-electron chi connectivity index (χ0n) is 11.2. The molecule has 1 aromatic heterocycles. The van der Waals surface area contributed by atoms with Gasteiger partial charge in [0.05, 0.1) is 16.5 Å². The minimum absolute atomic E-state index is 0.0603. The molecule has 0 atom stereocenters. The Morgan fingerprint density at radius 2 is 2.14 bits per heavy atom. The minimum atomic E-state index is -0.911. The van der Waals surface area contributed by atoms with Crippen LogP contribution in [-0.2, 0) is 4.79 Å². The maximum atomic E-state index is 12.2. The zero-order valence-corrected chi connectivity index (χ0v) is 11.2. The van der Waals surface area contributed by atoms with Crippen LogP contribution in [0.5, 0.6) is 0 Å². The molecule has 21 heavy (non-hydrogen) atoms. The Bertz CT molecular complexity index is 628. The van der Waals surface area contributed by atoms with E-state index in [9.17, 15) is 19.7 Å². The van der Waals surface area contributed by atoms with Crippen molar-refractivity contribution >= 4 is 17.6 Å². The van der Waals surface area contributed by atoms with Gasteiger partial charge in [-0.1, -0.05) is 0 Å². The molecular formula is C13H15N3O5. The van der Waals surface area contributed by atoms with Crippen LogP contribution in [0.15, 0.2) is 12.3 Å². The second-order valence-corrected chi connectivity index (χ2v) is 5.75. The molecule has 1 aromatic rings. The molecule has 2 N–H and O–H groups in total. The van der Waals surface area contributed by atoms with Crippen LogP contribution in [0.1, 0.15) is 42.2 Å². The quantitative estimate of drug-likeness (QED) is 0.606. The first-order valence-electron chi connectivity index (χ1n) is 6.81. The number of amides is 1. The van der Waals surface area contributed by atoms with Gasteiger partial charge in [-0.05, 0) is 25.7 Å². The number of carboxylic acids is 1. The highest BCUT2D eigenvalue weighted by atomic mass is 16.6. The first-order valence-corrected chi connectivity index (χ1v) is 6.81. The van der Waals surface area contributed by atoms with E-state index in [1.54, 1.807) is 4.57 Å². The van der Waals surface area contributed by atoms with Gasteiger partial charge in [0.2, 0.25) is 0 Å². The largest absolute Gasteiger partial charge is 0.481 e. The normalized spacial score (nSPS) is 19.0. The van der Waals surface area contributed by atoms with Gasteiger partial charge in [0.1, 0.15) is 5.69 Å². The van der Waals surface area contributed by atoms with Crippen LogP contribution in [0.2, 0.25) is 0 Å². The highest BCUT2D eigenvalue weighted by Gasteiger charge is 2.50. The molecule has 8 heteroatoms. The van der Waals surface area contributed by atoms with E-state index in [4.69, 9.17) is 5.11 Å². The number of carboxylic acid groups (broad SMARTS) is 1. The van der Waals surface area contributed by atoms with Gasteiger partial charge < -0.3 is 15.0 Å². The summed E-state index contributed by atoms with van der Waals surface area (Å²) in [5.74, 6) is -1.37. The second-order valence-electron chi connectivity index (χ2n) is 5.75. The van der Waals surface area contributed by atoms with Crippen LogP contribution < -0.4 is 5.32 Å². The summed E-state index contributed by atoms with van der Waals surface area (Å²) in [5.41, 5.74) is -0.740. The molecule has 1 amide bonds. The van der Waals surface area contributed by atoms with Gasteiger partial charge in [-0.25, -0.2) is 0 Å². The molecule has 8 nitrogen and oxygen atoms in total. The second kappa shape index (κ2) is 4.57. The number of nitrogens with zero attached hydrogens (tertiary/aromatic N) is 2. The maximum Gasteiger partial charge on any atom is 0.311 e. The number of hydrogen-bond acceptors (Lipinski definition) is 4.